The van der Waals surface area contributed by atoms with Gasteiger partial charge < -0.3 is 14.5 Å². The molecule has 0 spiro atoms. The van der Waals surface area contributed by atoms with E-state index < -0.39 is 5.60 Å². The van der Waals surface area contributed by atoms with Gasteiger partial charge in [0, 0.05) is 11.3 Å². The molecule has 0 saturated heterocycles. The number of oxazole rings is 1. The molecule has 0 aliphatic carbocycles. The molecule has 0 aliphatic heterocycles. The number of benzene rings is 3. The first-order chi connectivity index (χ1) is 14.3. The summed E-state index contributed by atoms with van der Waals surface area (Å²) in [5, 5.41) is 2.99. The Morgan fingerprint density at radius 3 is 2.53 bits per heavy atom. The second-order valence-corrected chi connectivity index (χ2v) is 7.90. The lowest BCUT2D eigenvalue weighted by atomic mass is 10.1. The maximum Gasteiger partial charge on any atom is 0.267 e. The topological polar surface area (TPSA) is 64.4 Å². The van der Waals surface area contributed by atoms with Crippen LogP contribution in [0.2, 0.25) is 0 Å². The Kier molecular flexibility index (Phi) is 5.04. The molecule has 4 rings (SSSR count). The number of carbonyl (C=O) groups is 1. The first-order valence-corrected chi connectivity index (χ1v) is 9.85. The number of amides is 1. The molecule has 30 heavy (non-hydrogen) atoms. The molecule has 0 atom stereocenters. The maximum atomic E-state index is 12.9. The van der Waals surface area contributed by atoms with Crippen LogP contribution in [-0.4, -0.2) is 16.5 Å². The van der Waals surface area contributed by atoms with E-state index in [9.17, 15) is 4.79 Å². The number of ether oxygens (including phenoxy) is 1. The monoisotopic (exact) mass is 400 g/mol. The van der Waals surface area contributed by atoms with Crippen LogP contribution in [0.25, 0.3) is 22.6 Å². The molecule has 5 heteroatoms. The summed E-state index contributed by atoms with van der Waals surface area (Å²) in [6.45, 7) is 7.45. The number of nitrogens with one attached hydrogen (secondary N) is 1. The van der Waals surface area contributed by atoms with E-state index in [1.54, 1.807) is 13.8 Å². The van der Waals surface area contributed by atoms with E-state index in [0.29, 0.717) is 17.3 Å². The van der Waals surface area contributed by atoms with Gasteiger partial charge in [-0.25, -0.2) is 4.98 Å². The van der Waals surface area contributed by atoms with Gasteiger partial charge in [0.2, 0.25) is 5.89 Å². The zero-order chi connectivity index (χ0) is 21.3. The lowest BCUT2D eigenvalue weighted by molar-refractivity contribution is -0.128. The van der Waals surface area contributed by atoms with Gasteiger partial charge >= 0.3 is 0 Å². The normalized spacial score (nSPS) is 11.5. The molecule has 4 aromatic rings. The van der Waals surface area contributed by atoms with Crippen LogP contribution >= 0.6 is 0 Å². The highest BCUT2D eigenvalue weighted by Crippen LogP contribution is 2.29. The van der Waals surface area contributed by atoms with Gasteiger partial charge in [-0.3, -0.25) is 4.79 Å². The zero-order valence-electron chi connectivity index (χ0n) is 17.5. The van der Waals surface area contributed by atoms with Gasteiger partial charge in [-0.05, 0) is 75.2 Å². The molecule has 0 saturated carbocycles. The minimum Gasteiger partial charge on any atom is -0.478 e. The summed E-state index contributed by atoms with van der Waals surface area (Å²) in [5.74, 6) is 0.926. The number of fused-ring (bicyclic) bond motifs is 1. The predicted molar refractivity (Wildman–Crippen MR) is 119 cm³/mol. The quantitative estimate of drug-likeness (QED) is 0.452. The highest BCUT2D eigenvalue weighted by atomic mass is 16.5. The predicted octanol–water partition coefficient (Wildman–Crippen LogP) is 5.91. The van der Waals surface area contributed by atoms with Crippen molar-refractivity contribution in [3.8, 4) is 17.2 Å². The SMILES string of the molecule is Cc1ccc2nc(-c3ccc(C)c(NC(=O)C(C)(C)Oc4ccccc4)c3)oc2c1. The van der Waals surface area contributed by atoms with Gasteiger partial charge in [0.15, 0.2) is 11.2 Å². The summed E-state index contributed by atoms with van der Waals surface area (Å²) < 4.78 is 11.8. The number of aryl methyl sites for hydroxylation is 2. The molecule has 1 heterocycles. The summed E-state index contributed by atoms with van der Waals surface area (Å²) in [6, 6.07) is 21.0. The van der Waals surface area contributed by atoms with E-state index in [-0.39, 0.29) is 5.91 Å². The third kappa shape index (κ3) is 4.06. The van der Waals surface area contributed by atoms with Crippen LogP contribution in [0, 0.1) is 13.8 Å². The zero-order valence-corrected chi connectivity index (χ0v) is 17.5. The highest BCUT2D eigenvalue weighted by Gasteiger charge is 2.30. The number of nitrogens with zero attached hydrogens (tertiary/aromatic N) is 1. The van der Waals surface area contributed by atoms with Crippen molar-refractivity contribution in [2.75, 3.05) is 5.32 Å². The van der Waals surface area contributed by atoms with Crippen LogP contribution in [0.3, 0.4) is 0 Å². The summed E-state index contributed by atoms with van der Waals surface area (Å²) in [4.78, 5) is 17.5. The minimum absolute atomic E-state index is 0.236. The molecule has 3 aromatic carbocycles. The Morgan fingerprint density at radius 2 is 1.77 bits per heavy atom. The second kappa shape index (κ2) is 7.67. The number of hydrogen-bond acceptors (Lipinski definition) is 4. The van der Waals surface area contributed by atoms with Crippen molar-refractivity contribution in [3.63, 3.8) is 0 Å². The van der Waals surface area contributed by atoms with E-state index in [0.717, 1.165) is 27.8 Å². The van der Waals surface area contributed by atoms with Crippen LogP contribution in [0.5, 0.6) is 5.75 Å². The molecular weight excluding hydrogens is 376 g/mol. The summed E-state index contributed by atoms with van der Waals surface area (Å²) in [6.07, 6.45) is 0. The molecule has 0 radical (unpaired) electrons. The van der Waals surface area contributed by atoms with E-state index >= 15 is 0 Å². The average molecular weight is 400 g/mol. The molecule has 0 unspecified atom stereocenters. The van der Waals surface area contributed by atoms with Gasteiger partial charge in [0.25, 0.3) is 5.91 Å². The van der Waals surface area contributed by atoms with Crippen molar-refractivity contribution in [3.05, 3.63) is 77.9 Å². The number of carbonyl (C=O) groups excluding carboxylic acids is 1. The standard InChI is InChI=1S/C25H24N2O3/c1-16-10-13-20-22(14-16)29-23(26-20)18-12-11-17(2)21(15-18)27-24(28)25(3,4)30-19-8-6-5-7-9-19/h5-15H,1-4H3,(H,27,28). The number of aromatic nitrogens is 1. The summed E-state index contributed by atoms with van der Waals surface area (Å²) in [5.41, 5.74) is 4.05. The van der Waals surface area contributed by atoms with E-state index in [2.05, 4.69) is 10.3 Å². The molecule has 5 nitrogen and oxygen atoms in total. The van der Waals surface area contributed by atoms with Gasteiger partial charge in [-0.15, -0.1) is 0 Å². The van der Waals surface area contributed by atoms with Crippen molar-refractivity contribution < 1.29 is 13.9 Å². The minimum atomic E-state index is -1.04. The third-order valence-electron chi connectivity index (χ3n) is 4.94. The Morgan fingerprint density at radius 1 is 1.00 bits per heavy atom. The Labute approximate surface area is 175 Å². The second-order valence-electron chi connectivity index (χ2n) is 7.90. The first kappa shape index (κ1) is 19.7. The fourth-order valence-electron chi connectivity index (χ4n) is 3.15. The fraction of sp³-hybridized carbons (Fsp3) is 0.200. The number of anilines is 1. The van der Waals surface area contributed by atoms with Crippen LogP contribution in [0.4, 0.5) is 5.69 Å². The fourth-order valence-corrected chi connectivity index (χ4v) is 3.15. The van der Waals surface area contributed by atoms with Crippen LogP contribution in [0.15, 0.2) is 71.1 Å². The van der Waals surface area contributed by atoms with E-state index in [4.69, 9.17) is 9.15 Å². The van der Waals surface area contributed by atoms with Gasteiger partial charge in [0.05, 0.1) is 0 Å². The van der Waals surface area contributed by atoms with Crippen molar-refractivity contribution in [1.82, 2.24) is 4.98 Å². The number of hydrogen-bond donors (Lipinski definition) is 1. The number of rotatable bonds is 5. The smallest absolute Gasteiger partial charge is 0.267 e. The molecular formula is C25H24N2O3. The van der Waals surface area contributed by atoms with Crippen molar-refractivity contribution >= 4 is 22.7 Å². The van der Waals surface area contributed by atoms with Gasteiger partial charge in [-0.2, -0.15) is 0 Å². The summed E-state index contributed by atoms with van der Waals surface area (Å²) in [7, 11) is 0. The Hall–Kier alpha value is -3.60. The molecule has 0 fully saturated rings. The molecule has 1 amide bonds. The molecule has 152 valence electrons. The van der Waals surface area contributed by atoms with E-state index in [1.165, 1.54) is 0 Å². The van der Waals surface area contributed by atoms with Gasteiger partial charge in [0.1, 0.15) is 11.3 Å². The third-order valence-corrected chi connectivity index (χ3v) is 4.94. The van der Waals surface area contributed by atoms with E-state index in [1.807, 2.05) is 80.6 Å². The van der Waals surface area contributed by atoms with Crippen LogP contribution in [-0.2, 0) is 4.79 Å². The molecule has 1 aromatic heterocycles. The average Bonchev–Trinajstić information content (AvgIpc) is 3.13. The lowest BCUT2D eigenvalue weighted by Crippen LogP contribution is -2.42. The van der Waals surface area contributed by atoms with Crippen molar-refractivity contribution in [2.24, 2.45) is 0 Å². The molecule has 0 bridgehead atoms. The van der Waals surface area contributed by atoms with Crippen molar-refractivity contribution in [1.29, 1.82) is 0 Å². The van der Waals surface area contributed by atoms with Crippen molar-refractivity contribution in [2.45, 2.75) is 33.3 Å². The van der Waals surface area contributed by atoms with Crippen LogP contribution in [0.1, 0.15) is 25.0 Å². The molecule has 1 N–H and O–H groups in total. The highest BCUT2D eigenvalue weighted by molar-refractivity contribution is 5.98. The number of para-hydroxylation sites is 1. The Bertz CT molecular complexity index is 1210. The molecule has 0 aliphatic rings. The summed E-state index contributed by atoms with van der Waals surface area (Å²) >= 11 is 0. The Balaban J connectivity index is 1.59. The lowest BCUT2D eigenvalue weighted by Gasteiger charge is -2.25. The van der Waals surface area contributed by atoms with Crippen LogP contribution < -0.4 is 10.1 Å². The largest absolute Gasteiger partial charge is 0.478 e. The maximum absolute atomic E-state index is 12.9. The first-order valence-electron chi connectivity index (χ1n) is 9.85. The van der Waals surface area contributed by atoms with Gasteiger partial charge in [-0.1, -0.05) is 30.3 Å².